The van der Waals surface area contributed by atoms with Crippen LogP contribution in [0.15, 0.2) is 0 Å². The lowest BCUT2D eigenvalue weighted by Crippen LogP contribution is -2.51. The third-order valence-electron chi connectivity index (χ3n) is 3.43. The molecule has 1 aromatic carbocycles. The first-order chi connectivity index (χ1) is 10.5. The Morgan fingerprint density at radius 1 is 0.667 bits per heavy atom. The molecule has 0 spiro atoms. The van der Waals surface area contributed by atoms with Crippen LogP contribution in [0.5, 0.6) is 0 Å². The lowest BCUT2D eigenvalue weighted by atomic mass is 9.90. The van der Waals surface area contributed by atoms with Gasteiger partial charge >= 0.3 is 23.9 Å². The lowest BCUT2D eigenvalue weighted by molar-refractivity contribution is -0.328. The maximum absolute atomic E-state index is 13.5. The molecule has 0 aromatic heterocycles. The molecular weight excluding hydrogens is 379 g/mol. The molecule has 0 saturated heterocycles. The Kier molecular flexibility index (Phi) is 3.64. The van der Waals surface area contributed by atoms with Gasteiger partial charge in [-0.25, -0.2) is 17.6 Å². The van der Waals surface area contributed by atoms with Gasteiger partial charge in [-0.2, -0.15) is 39.5 Å². The fourth-order valence-corrected chi connectivity index (χ4v) is 2.33. The summed E-state index contributed by atoms with van der Waals surface area (Å²) in [6.45, 7) is 0. The van der Waals surface area contributed by atoms with Gasteiger partial charge in [0.15, 0.2) is 23.3 Å². The Morgan fingerprint density at radius 3 is 1.50 bits per heavy atom. The van der Waals surface area contributed by atoms with Gasteiger partial charge < -0.3 is 0 Å². The largest absolute Gasteiger partial charge is 0.454 e. The minimum Gasteiger partial charge on any atom is -0.203 e. The second kappa shape index (κ2) is 4.69. The maximum Gasteiger partial charge on any atom is 0.454 e. The standard InChI is InChI=1S/C11HF13/c12-3-1-2(4(13)6(15)5(3)14)8(16,17)9(18,19)7(1)10(20,21)11(22,23)24/h7H. The lowest BCUT2D eigenvalue weighted by Gasteiger charge is -2.31. The number of hydrogen-bond donors (Lipinski definition) is 0. The summed E-state index contributed by atoms with van der Waals surface area (Å²) in [7, 11) is 0. The van der Waals surface area contributed by atoms with E-state index in [1.54, 1.807) is 0 Å². The number of hydrogen-bond acceptors (Lipinski definition) is 0. The summed E-state index contributed by atoms with van der Waals surface area (Å²) in [5, 5.41) is 0. The molecule has 1 aromatic rings. The Labute approximate surface area is 122 Å². The molecule has 0 nitrogen and oxygen atoms in total. The highest BCUT2D eigenvalue weighted by atomic mass is 19.4. The molecular formula is C11HF13. The maximum atomic E-state index is 13.5. The van der Waals surface area contributed by atoms with Crippen LogP contribution in [0.2, 0.25) is 0 Å². The van der Waals surface area contributed by atoms with Crippen LogP contribution in [-0.2, 0) is 5.92 Å². The van der Waals surface area contributed by atoms with Crippen molar-refractivity contribution in [1.29, 1.82) is 0 Å². The van der Waals surface area contributed by atoms with Crippen molar-refractivity contribution >= 4 is 0 Å². The summed E-state index contributed by atoms with van der Waals surface area (Å²) in [4.78, 5) is 0. The fourth-order valence-electron chi connectivity index (χ4n) is 2.33. The van der Waals surface area contributed by atoms with E-state index >= 15 is 0 Å². The smallest absolute Gasteiger partial charge is 0.203 e. The van der Waals surface area contributed by atoms with Gasteiger partial charge in [0.05, 0.1) is 5.56 Å². The van der Waals surface area contributed by atoms with Crippen LogP contribution in [-0.4, -0.2) is 18.0 Å². The van der Waals surface area contributed by atoms with E-state index in [4.69, 9.17) is 0 Å². The summed E-state index contributed by atoms with van der Waals surface area (Å²) in [6.07, 6.45) is -6.90. The van der Waals surface area contributed by atoms with Crippen molar-refractivity contribution in [1.82, 2.24) is 0 Å². The average molecular weight is 380 g/mol. The Balaban J connectivity index is 2.99. The minimum absolute atomic E-state index is 2.97. The Hall–Kier alpha value is -1.69. The van der Waals surface area contributed by atoms with Crippen molar-refractivity contribution in [2.24, 2.45) is 0 Å². The first-order valence-corrected chi connectivity index (χ1v) is 5.57. The SMILES string of the molecule is Fc1c(F)c(F)c2c(c1F)C(C(F)(F)C(F)(F)F)C(F)(F)C2(F)F. The molecule has 1 atom stereocenters. The van der Waals surface area contributed by atoms with Crippen LogP contribution in [0.1, 0.15) is 17.0 Å². The molecule has 24 heavy (non-hydrogen) atoms. The highest BCUT2D eigenvalue weighted by molar-refractivity contribution is 5.48. The number of halogens is 13. The second-order valence-electron chi connectivity index (χ2n) is 4.80. The van der Waals surface area contributed by atoms with E-state index in [-0.39, 0.29) is 0 Å². The fraction of sp³-hybridized carbons (Fsp3) is 0.455. The Bertz CT molecular complexity index is 699. The Morgan fingerprint density at radius 2 is 1.08 bits per heavy atom. The molecule has 0 fully saturated rings. The van der Waals surface area contributed by atoms with E-state index in [0.29, 0.717) is 0 Å². The molecule has 0 heterocycles. The normalized spacial score (nSPS) is 22.6. The average Bonchev–Trinajstić information content (AvgIpc) is 2.56. The van der Waals surface area contributed by atoms with Crippen LogP contribution in [0, 0.1) is 23.3 Å². The summed E-state index contributed by atoms with van der Waals surface area (Å²) < 4.78 is 170. The first-order valence-electron chi connectivity index (χ1n) is 5.57. The molecule has 0 saturated carbocycles. The van der Waals surface area contributed by atoms with Gasteiger partial charge in [0.2, 0.25) is 0 Å². The zero-order valence-corrected chi connectivity index (χ0v) is 10.5. The van der Waals surface area contributed by atoms with Gasteiger partial charge in [0, 0.05) is 5.56 Å². The molecule has 0 N–H and O–H groups in total. The van der Waals surface area contributed by atoms with Crippen molar-refractivity contribution in [3.05, 3.63) is 34.4 Å². The van der Waals surface area contributed by atoms with Crippen LogP contribution in [0.3, 0.4) is 0 Å². The quantitative estimate of drug-likeness (QED) is 0.354. The molecule has 0 aliphatic heterocycles. The van der Waals surface area contributed by atoms with Gasteiger partial charge in [0.1, 0.15) is 5.92 Å². The molecule has 0 amide bonds. The van der Waals surface area contributed by atoms with Gasteiger partial charge in [-0.05, 0) is 0 Å². The van der Waals surface area contributed by atoms with Gasteiger partial charge in [-0.15, -0.1) is 0 Å². The minimum atomic E-state index is -6.90. The zero-order chi connectivity index (χ0) is 19.0. The molecule has 1 aliphatic rings. The molecule has 1 aliphatic carbocycles. The predicted octanol–water partition coefficient (Wildman–Crippen LogP) is 5.26. The van der Waals surface area contributed by atoms with Gasteiger partial charge in [0.25, 0.3) is 0 Å². The van der Waals surface area contributed by atoms with E-state index < -0.39 is 64.3 Å². The third kappa shape index (κ3) is 1.95. The predicted molar refractivity (Wildman–Crippen MR) is 48.9 cm³/mol. The summed E-state index contributed by atoms with van der Waals surface area (Å²) >= 11 is 0. The summed E-state index contributed by atoms with van der Waals surface area (Å²) in [6, 6.07) is 0. The first kappa shape index (κ1) is 18.6. The van der Waals surface area contributed by atoms with Crippen LogP contribution in [0.4, 0.5) is 57.1 Å². The topological polar surface area (TPSA) is 0 Å². The van der Waals surface area contributed by atoms with E-state index in [9.17, 15) is 57.1 Å². The molecule has 0 radical (unpaired) electrons. The number of fused-ring (bicyclic) bond motifs is 1. The van der Waals surface area contributed by atoms with Gasteiger partial charge in [-0.3, -0.25) is 0 Å². The monoisotopic (exact) mass is 380 g/mol. The number of rotatable bonds is 1. The van der Waals surface area contributed by atoms with Crippen LogP contribution >= 0.6 is 0 Å². The molecule has 1 unspecified atom stereocenters. The molecule has 2 rings (SSSR count). The van der Waals surface area contributed by atoms with Crippen molar-refractivity contribution in [2.75, 3.05) is 0 Å². The van der Waals surface area contributed by atoms with Crippen LogP contribution < -0.4 is 0 Å². The summed E-state index contributed by atoms with van der Waals surface area (Å²) in [5.41, 5.74) is -6.05. The molecule has 0 bridgehead atoms. The van der Waals surface area contributed by atoms with E-state index in [1.165, 1.54) is 0 Å². The molecule has 13 heteroatoms. The molecule has 136 valence electrons. The van der Waals surface area contributed by atoms with Gasteiger partial charge in [-0.1, -0.05) is 0 Å². The second-order valence-corrected chi connectivity index (χ2v) is 4.80. The van der Waals surface area contributed by atoms with E-state index in [1.807, 2.05) is 0 Å². The van der Waals surface area contributed by atoms with E-state index in [2.05, 4.69) is 0 Å². The third-order valence-corrected chi connectivity index (χ3v) is 3.43. The van der Waals surface area contributed by atoms with Crippen molar-refractivity contribution in [3.8, 4) is 0 Å². The number of benzene rings is 1. The van der Waals surface area contributed by atoms with Crippen molar-refractivity contribution in [2.45, 2.75) is 29.9 Å². The highest BCUT2D eigenvalue weighted by Gasteiger charge is 2.81. The summed E-state index contributed by atoms with van der Waals surface area (Å²) in [5.74, 6) is -36.8. The van der Waals surface area contributed by atoms with Crippen molar-refractivity contribution in [3.63, 3.8) is 0 Å². The zero-order valence-electron chi connectivity index (χ0n) is 10.5. The van der Waals surface area contributed by atoms with Crippen LogP contribution in [0.25, 0.3) is 0 Å². The van der Waals surface area contributed by atoms with E-state index in [0.717, 1.165) is 0 Å². The highest BCUT2D eigenvalue weighted by Crippen LogP contribution is 2.66. The number of alkyl halides is 9. The van der Waals surface area contributed by atoms with Crippen molar-refractivity contribution < 1.29 is 57.1 Å².